The van der Waals surface area contributed by atoms with Crippen molar-refractivity contribution in [3.05, 3.63) is 69.5 Å². The second-order valence-corrected chi connectivity index (χ2v) is 8.69. The van der Waals surface area contributed by atoms with Crippen molar-refractivity contribution in [2.24, 2.45) is 0 Å². The number of halogens is 2. The summed E-state index contributed by atoms with van der Waals surface area (Å²) in [4.78, 5) is 41.3. The summed E-state index contributed by atoms with van der Waals surface area (Å²) in [7, 11) is 0. The van der Waals surface area contributed by atoms with E-state index < -0.39 is 23.3 Å². The third-order valence-corrected chi connectivity index (χ3v) is 6.38. The summed E-state index contributed by atoms with van der Waals surface area (Å²) >= 11 is 5.90. The number of rotatable bonds is 3. The molecule has 2 fully saturated rings. The Morgan fingerprint density at radius 3 is 2.55 bits per heavy atom. The van der Waals surface area contributed by atoms with E-state index in [1.54, 1.807) is 0 Å². The average Bonchev–Trinajstić information content (AvgIpc) is 2.96. The Labute approximate surface area is 185 Å². The van der Waals surface area contributed by atoms with E-state index in [9.17, 15) is 18.8 Å². The van der Waals surface area contributed by atoms with E-state index in [0.29, 0.717) is 0 Å². The number of imide groups is 1. The summed E-state index contributed by atoms with van der Waals surface area (Å²) in [5.41, 5.74) is 1.86. The van der Waals surface area contributed by atoms with Gasteiger partial charge in [0.1, 0.15) is 11.4 Å². The molecule has 1 N–H and O–H groups in total. The van der Waals surface area contributed by atoms with Gasteiger partial charge in [-0.3, -0.25) is 14.5 Å². The van der Waals surface area contributed by atoms with Crippen molar-refractivity contribution in [2.75, 3.05) is 13.1 Å². The van der Waals surface area contributed by atoms with Crippen LogP contribution in [-0.4, -0.2) is 46.3 Å². The monoisotopic (exact) mass is 443 g/mol. The summed E-state index contributed by atoms with van der Waals surface area (Å²) in [5.74, 6) is -1.39. The maximum absolute atomic E-state index is 14.1. The Balaban J connectivity index is 1.47. The van der Waals surface area contributed by atoms with Crippen LogP contribution < -0.4 is 5.32 Å². The molecule has 2 aliphatic rings. The third-order valence-electron chi connectivity index (χ3n) is 6.14. The van der Waals surface area contributed by atoms with Crippen LogP contribution in [0.5, 0.6) is 0 Å². The molecule has 0 unspecified atom stereocenters. The number of urea groups is 1. The molecule has 2 saturated heterocycles. The molecule has 2 aliphatic heterocycles. The molecule has 0 aromatic heterocycles. The first-order valence-corrected chi connectivity index (χ1v) is 10.5. The predicted molar refractivity (Wildman–Crippen MR) is 114 cm³/mol. The number of piperidine rings is 1. The van der Waals surface area contributed by atoms with Gasteiger partial charge >= 0.3 is 6.03 Å². The van der Waals surface area contributed by atoms with E-state index in [4.69, 9.17) is 11.6 Å². The van der Waals surface area contributed by atoms with Crippen LogP contribution in [0.3, 0.4) is 0 Å². The van der Waals surface area contributed by atoms with Gasteiger partial charge < -0.3 is 10.2 Å². The van der Waals surface area contributed by atoms with E-state index in [1.165, 1.54) is 21.9 Å². The lowest BCUT2D eigenvalue weighted by Crippen LogP contribution is -2.55. The van der Waals surface area contributed by atoms with Crippen LogP contribution in [0.2, 0.25) is 5.02 Å². The molecule has 4 amide bonds. The first-order valence-electron chi connectivity index (χ1n) is 10.1. The van der Waals surface area contributed by atoms with Crippen molar-refractivity contribution < 1.29 is 18.8 Å². The van der Waals surface area contributed by atoms with Crippen LogP contribution in [0, 0.1) is 19.7 Å². The van der Waals surface area contributed by atoms with E-state index in [0.717, 1.165) is 22.8 Å². The molecule has 0 saturated carbocycles. The molecule has 0 bridgehead atoms. The van der Waals surface area contributed by atoms with Crippen LogP contribution in [0.15, 0.2) is 36.4 Å². The van der Waals surface area contributed by atoms with Gasteiger partial charge in [0, 0.05) is 18.1 Å². The molecule has 0 radical (unpaired) electrons. The van der Waals surface area contributed by atoms with Gasteiger partial charge in [-0.05, 0) is 56.0 Å². The van der Waals surface area contributed by atoms with Crippen molar-refractivity contribution in [2.45, 2.75) is 38.8 Å². The maximum atomic E-state index is 14.1. The zero-order valence-electron chi connectivity index (χ0n) is 17.4. The minimum atomic E-state index is -1.03. The maximum Gasteiger partial charge on any atom is 0.325 e. The molecule has 0 atom stereocenters. The molecular formula is C23H23ClFN3O3. The summed E-state index contributed by atoms with van der Waals surface area (Å²) in [6.45, 7) is 4.58. The minimum absolute atomic E-state index is 0.0956. The van der Waals surface area contributed by atoms with Crippen molar-refractivity contribution in [3.63, 3.8) is 0 Å². The topological polar surface area (TPSA) is 69.7 Å². The highest BCUT2D eigenvalue weighted by molar-refractivity contribution is 6.31. The van der Waals surface area contributed by atoms with Crippen LogP contribution in [0.4, 0.5) is 9.18 Å². The van der Waals surface area contributed by atoms with Crippen LogP contribution in [-0.2, 0) is 11.3 Å². The molecular weight excluding hydrogens is 421 g/mol. The number of hydrogen-bond acceptors (Lipinski definition) is 3. The van der Waals surface area contributed by atoms with Crippen molar-refractivity contribution >= 4 is 29.4 Å². The molecule has 8 heteroatoms. The molecule has 6 nitrogen and oxygen atoms in total. The Bertz CT molecular complexity index is 1080. The molecule has 31 heavy (non-hydrogen) atoms. The van der Waals surface area contributed by atoms with Gasteiger partial charge in [-0.15, -0.1) is 0 Å². The standard InChI is InChI=1S/C23H23ClFN3O3/c1-14-3-4-15(2)16(11-14)13-28-21(30)23(26-22(28)31)7-9-27(10-8-23)20(29)18-12-17(24)5-6-19(18)25/h3-6,11-12H,7-10,13H2,1-2H3,(H,26,31). The second kappa shape index (κ2) is 7.96. The lowest BCUT2D eigenvalue weighted by molar-refractivity contribution is -0.133. The number of amides is 4. The van der Waals surface area contributed by atoms with E-state index in [1.807, 2.05) is 32.0 Å². The zero-order chi connectivity index (χ0) is 22.3. The van der Waals surface area contributed by atoms with Gasteiger partial charge in [0.2, 0.25) is 0 Å². The van der Waals surface area contributed by atoms with E-state index in [-0.39, 0.29) is 49.0 Å². The summed E-state index contributed by atoms with van der Waals surface area (Å²) in [5, 5.41) is 3.12. The minimum Gasteiger partial charge on any atom is -0.338 e. The number of nitrogens with one attached hydrogen (secondary N) is 1. The van der Waals surface area contributed by atoms with Crippen LogP contribution in [0.25, 0.3) is 0 Å². The fourth-order valence-electron chi connectivity index (χ4n) is 4.22. The molecule has 162 valence electrons. The fraction of sp³-hybridized carbons (Fsp3) is 0.348. The van der Waals surface area contributed by atoms with Crippen molar-refractivity contribution in [3.8, 4) is 0 Å². The lowest BCUT2D eigenvalue weighted by Gasteiger charge is -2.37. The van der Waals surface area contributed by atoms with Gasteiger partial charge in [-0.25, -0.2) is 9.18 Å². The van der Waals surface area contributed by atoms with Gasteiger partial charge in [0.25, 0.3) is 11.8 Å². The zero-order valence-corrected chi connectivity index (χ0v) is 18.1. The normalized spacial score (nSPS) is 17.9. The lowest BCUT2D eigenvalue weighted by atomic mass is 9.87. The fourth-order valence-corrected chi connectivity index (χ4v) is 4.39. The molecule has 2 heterocycles. The van der Waals surface area contributed by atoms with Crippen molar-refractivity contribution in [1.82, 2.24) is 15.1 Å². The Morgan fingerprint density at radius 2 is 1.84 bits per heavy atom. The second-order valence-electron chi connectivity index (χ2n) is 8.25. The molecule has 2 aromatic rings. The molecule has 0 aliphatic carbocycles. The van der Waals surface area contributed by atoms with Crippen LogP contribution >= 0.6 is 11.6 Å². The number of hydrogen-bond donors (Lipinski definition) is 1. The molecule has 2 aromatic carbocycles. The Kier molecular flexibility index (Phi) is 5.47. The average molecular weight is 444 g/mol. The quantitative estimate of drug-likeness (QED) is 0.733. The molecule has 4 rings (SSSR count). The number of likely N-dealkylation sites (tertiary alicyclic amines) is 1. The van der Waals surface area contributed by atoms with E-state index in [2.05, 4.69) is 5.32 Å². The SMILES string of the molecule is Cc1ccc(C)c(CN2C(=O)NC3(CCN(C(=O)c4cc(Cl)ccc4F)CC3)C2=O)c1. The van der Waals surface area contributed by atoms with Gasteiger partial charge in [0.15, 0.2) is 0 Å². The molecule has 1 spiro atoms. The first kappa shape index (κ1) is 21.3. The van der Waals surface area contributed by atoms with E-state index >= 15 is 0 Å². The van der Waals surface area contributed by atoms with Gasteiger partial charge in [-0.1, -0.05) is 35.4 Å². The Morgan fingerprint density at radius 1 is 1.13 bits per heavy atom. The summed E-state index contributed by atoms with van der Waals surface area (Å²) < 4.78 is 14.1. The number of benzene rings is 2. The highest BCUT2D eigenvalue weighted by Gasteiger charge is 2.52. The smallest absolute Gasteiger partial charge is 0.325 e. The van der Waals surface area contributed by atoms with Crippen molar-refractivity contribution in [1.29, 1.82) is 0 Å². The third kappa shape index (κ3) is 3.90. The highest BCUT2D eigenvalue weighted by Crippen LogP contribution is 2.32. The number of carbonyl (C=O) groups is 3. The number of aryl methyl sites for hydroxylation is 2. The number of nitrogens with zero attached hydrogens (tertiary/aromatic N) is 2. The summed E-state index contributed by atoms with van der Waals surface area (Å²) in [6, 6.07) is 9.36. The summed E-state index contributed by atoms with van der Waals surface area (Å²) in [6.07, 6.45) is 0.545. The van der Waals surface area contributed by atoms with Gasteiger partial charge in [0.05, 0.1) is 12.1 Å². The van der Waals surface area contributed by atoms with Crippen LogP contribution in [0.1, 0.15) is 39.9 Å². The highest BCUT2D eigenvalue weighted by atomic mass is 35.5. The number of carbonyl (C=O) groups excluding carboxylic acids is 3. The first-order chi connectivity index (χ1) is 14.7. The predicted octanol–water partition coefficient (Wildman–Crippen LogP) is 3.82. The largest absolute Gasteiger partial charge is 0.338 e. The van der Waals surface area contributed by atoms with Gasteiger partial charge in [-0.2, -0.15) is 0 Å². The Hall–Kier alpha value is -2.93.